The van der Waals surface area contributed by atoms with Crippen molar-refractivity contribution in [2.45, 2.75) is 68.6 Å². The molecule has 18 heteroatoms. The molecule has 2 saturated heterocycles. The Morgan fingerprint density at radius 2 is 1.78 bits per heavy atom. The topological polar surface area (TPSA) is 269 Å². The minimum atomic E-state index is -4.55. The van der Waals surface area contributed by atoms with Crippen LogP contribution >= 0.6 is 0 Å². The second-order valence-electron chi connectivity index (χ2n) is 6.91. The molecule has 0 radical (unpaired) electrons. The molecule has 9 N–H and O–H groups in total. The van der Waals surface area contributed by atoms with E-state index in [9.17, 15) is 38.4 Å². The predicted octanol–water partition coefficient (Wildman–Crippen LogP) is -5.64. The van der Waals surface area contributed by atoms with Crippen molar-refractivity contribution in [3.63, 3.8) is 0 Å². The molecule has 9 unspecified atom stereocenters. The highest BCUT2D eigenvalue weighted by molar-refractivity contribution is 7.81. The molecular formula is C14H25N3O14S. The predicted molar refractivity (Wildman–Crippen MR) is 95.1 cm³/mol. The molecule has 0 spiro atoms. The van der Waals surface area contributed by atoms with Crippen LogP contribution in [0.2, 0.25) is 0 Å². The summed E-state index contributed by atoms with van der Waals surface area (Å²) in [5.41, 5.74) is 0. The lowest BCUT2D eigenvalue weighted by Gasteiger charge is -2.44. The lowest BCUT2D eigenvalue weighted by atomic mass is 9.97. The Bertz CT molecular complexity index is 768. The molecule has 2 aliphatic heterocycles. The minimum absolute atomic E-state index is 0.246. The molecule has 17 nitrogen and oxygen atoms in total. The molecule has 0 aromatic rings. The van der Waals surface area contributed by atoms with Gasteiger partial charge in [0.05, 0.1) is 18.8 Å². The largest absolute Gasteiger partial charge is 0.415 e. The fraction of sp³-hybridized carbons (Fsp3) is 0.857. The van der Waals surface area contributed by atoms with Crippen molar-refractivity contribution in [3.8, 4) is 0 Å². The van der Waals surface area contributed by atoms with Crippen LogP contribution in [0.1, 0.15) is 13.3 Å². The average molecular weight is 491 g/mol. The van der Waals surface area contributed by atoms with E-state index in [4.69, 9.17) is 20.1 Å². The standard InChI is InChI=1S/C14H25N3O14S/c1-4(18)17-7-6(19)2-5(3-26-32(24,25)31-16)27-14(7)29-10-8(20)9(21)12(22)28-11(10)13(23)30-15/h5-12,14,19-22H,2-3,15-16H2,1H3,(H,17,18). The van der Waals surface area contributed by atoms with E-state index in [2.05, 4.69) is 24.5 Å². The summed E-state index contributed by atoms with van der Waals surface area (Å²) in [6.45, 7) is 0.431. The van der Waals surface area contributed by atoms with Crippen molar-refractivity contribution in [1.82, 2.24) is 5.32 Å². The molecule has 2 heterocycles. The van der Waals surface area contributed by atoms with Crippen LogP contribution < -0.4 is 17.1 Å². The molecule has 0 bridgehead atoms. The van der Waals surface area contributed by atoms with Gasteiger partial charge in [-0.15, -0.1) is 0 Å². The molecule has 186 valence electrons. The SMILES string of the molecule is CC(=O)NC1C(O)CC(COS(=O)(=O)ON)OC1OC1C(C(=O)ON)OC(O)C(O)C1O. The van der Waals surface area contributed by atoms with Crippen LogP contribution in [0.4, 0.5) is 0 Å². The van der Waals surface area contributed by atoms with Gasteiger partial charge < -0.3 is 44.8 Å². The van der Waals surface area contributed by atoms with Crippen LogP contribution in [0.5, 0.6) is 0 Å². The molecule has 0 aromatic carbocycles. The van der Waals surface area contributed by atoms with E-state index in [1.807, 2.05) is 0 Å². The van der Waals surface area contributed by atoms with Crippen molar-refractivity contribution in [2.75, 3.05) is 6.61 Å². The lowest BCUT2D eigenvalue weighted by Crippen LogP contribution is -2.65. The Labute approximate surface area is 181 Å². The van der Waals surface area contributed by atoms with Gasteiger partial charge in [-0.3, -0.25) is 4.79 Å². The summed E-state index contributed by atoms with van der Waals surface area (Å²) in [4.78, 5) is 27.5. The Morgan fingerprint density at radius 3 is 2.34 bits per heavy atom. The van der Waals surface area contributed by atoms with Crippen molar-refractivity contribution < 1.29 is 65.9 Å². The van der Waals surface area contributed by atoms with Gasteiger partial charge in [-0.05, 0) is 0 Å². The van der Waals surface area contributed by atoms with Gasteiger partial charge in [0.2, 0.25) is 5.91 Å². The van der Waals surface area contributed by atoms with Crippen LogP contribution in [0.15, 0.2) is 0 Å². The number of carbonyl (C=O) groups excluding carboxylic acids is 2. The third kappa shape index (κ3) is 6.50. The number of carbonyl (C=O) groups is 2. The maximum Gasteiger partial charge on any atom is 0.415 e. The zero-order valence-corrected chi connectivity index (χ0v) is 17.4. The van der Waals surface area contributed by atoms with Crippen molar-refractivity contribution in [3.05, 3.63) is 0 Å². The number of nitrogens with two attached hydrogens (primary N) is 2. The Hall–Kier alpha value is -1.55. The number of amides is 1. The number of ether oxygens (including phenoxy) is 3. The van der Waals surface area contributed by atoms with E-state index in [0.717, 1.165) is 6.92 Å². The maximum absolute atomic E-state index is 11.9. The van der Waals surface area contributed by atoms with Crippen LogP contribution in [0.25, 0.3) is 0 Å². The van der Waals surface area contributed by atoms with Gasteiger partial charge in [0.25, 0.3) is 0 Å². The summed E-state index contributed by atoms with van der Waals surface area (Å²) in [5.74, 6) is 7.47. The molecule has 2 fully saturated rings. The number of aliphatic hydroxyl groups excluding tert-OH is 4. The van der Waals surface area contributed by atoms with E-state index in [1.165, 1.54) is 0 Å². The first-order valence-electron chi connectivity index (χ1n) is 9.04. The van der Waals surface area contributed by atoms with E-state index in [-0.39, 0.29) is 6.42 Å². The van der Waals surface area contributed by atoms with Gasteiger partial charge in [0, 0.05) is 13.3 Å². The van der Waals surface area contributed by atoms with Gasteiger partial charge in [-0.1, -0.05) is 0 Å². The van der Waals surface area contributed by atoms with Gasteiger partial charge in [0.1, 0.15) is 24.4 Å². The molecule has 2 aliphatic rings. The molecule has 0 aliphatic carbocycles. The van der Waals surface area contributed by atoms with Gasteiger partial charge in [0.15, 0.2) is 18.7 Å². The van der Waals surface area contributed by atoms with E-state index in [0.29, 0.717) is 0 Å². The third-order valence-corrected chi connectivity index (χ3v) is 5.29. The van der Waals surface area contributed by atoms with Crippen molar-refractivity contribution in [2.24, 2.45) is 11.8 Å². The molecule has 9 atom stereocenters. The Morgan fingerprint density at radius 1 is 1.12 bits per heavy atom. The Balaban J connectivity index is 2.26. The Kier molecular flexibility index (Phi) is 9.22. The highest BCUT2D eigenvalue weighted by Gasteiger charge is 2.51. The first-order chi connectivity index (χ1) is 14.9. The summed E-state index contributed by atoms with van der Waals surface area (Å²) in [5, 5.41) is 42.6. The number of rotatable bonds is 8. The maximum atomic E-state index is 11.9. The number of hydrogen-bond acceptors (Lipinski definition) is 16. The smallest absolute Gasteiger partial charge is 0.391 e. The lowest BCUT2D eigenvalue weighted by molar-refractivity contribution is -0.327. The van der Waals surface area contributed by atoms with E-state index in [1.54, 1.807) is 0 Å². The summed E-state index contributed by atoms with van der Waals surface area (Å²) in [6.07, 6.45) is -13.9. The summed E-state index contributed by atoms with van der Waals surface area (Å²) in [7, 11) is -4.55. The van der Waals surface area contributed by atoms with E-state index >= 15 is 0 Å². The fourth-order valence-corrected chi connectivity index (χ4v) is 3.52. The number of hydrogen-bond donors (Lipinski definition) is 7. The van der Waals surface area contributed by atoms with Crippen LogP contribution in [-0.4, -0.2) is 103 Å². The van der Waals surface area contributed by atoms with Crippen LogP contribution in [0, 0.1) is 0 Å². The number of nitrogens with one attached hydrogen (secondary N) is 1. The molecule has 0 aromatic heterocycles. The zero-order valence-electron chi connectivity index (χ0n) is 16.5. The second-order valence-corrected chi connectivity index (χ2v) is 8.16. The van der Waals surface area contributed by atoms with Crippen molar-refractivity contribution in [1.29, 1.82) is 0 Å². The minimum Gasteiger partial charge on any atom is -0.391 e. The first kappa shape index (κ1) is 26.7. The normalized spacial score (nSPS) is 38.2. The summed E-state index contributed by atoms with van der Waals surface area (Å²) in [6, 6.07) is -1.28. The highest BCUT2D eigenvalue weighted by atomic mass is 32.3. The third-order valence-electron chi connectivity index (χ3n) is 4.63. The number of aliphatic hydroxyl groups is 4. The van der Waals surface area contributed by atoms with Gasteiger partial charge in [-0.2, -0.15) is 24.5 Å². The molecule has 2 rings (SSSR count). The quantitative estimate of drug-likeness (QED) is 0.156. The molecule has 1 amide bonds. The highest BCUT2D eigenvalue weighted by Crippen LogP contribution is 2.29. The molecular weight excluding hydrogens is 466 g/mol. The van der Waals surface area contributed by atoms with Crippen molar-refractivity contribution >= 4 is 22.3 Å². The molecule has 0 saturated carbocycles. The monoisotopic (exact) mass is 491 g/mol. The second kappa shape index (κ2) is 11.0. The summed E-state index contributed by atoms with van der Waals surface area (Å²) >= 11 is 0. The molecule has 32 heavy (non-hydrogen) atoms. The first-order valence-corrected chi connectivity index (χ1v) is 10.4. The van der Waals surface area contributed by atoms with E-state index < -0.39 is 84.1 Å². The van der Waals surface area contributed by atoms with Crippen LogP contribution in [-0.2, 0) is 47.5 Å². The van der Waals surface area contributed by atoms with Gasteiger partial charge >= 0.3 is 16.4 Å². The summed E-state index contributed by atoms with van der Waals surface area (Å²) < 4.78 is 46.5. The van der Waals surface area contributed by atoms with Crippen LogP contribution in [0.3, 0.4) is 0 Å². The van der Waals surface area contributed by atoms with Gasteiger partial charge in [-0.25, -0.2) is 8.98 Å². The fourth-order valence-electron chi connectivity index (χ4n) is 3.15. The average Bonchev–Trinajstić information content (AvgIpc) is 2.74. The zero-order chi connectivity index (χ0) is 24.2.